The SMILES string of the molecule is Cc1cc(N)ccc1C(=O)C1(C)CCCC1. The molecule has 0 spiro atoms. The molecule has 1 saturated carbocycles. The van der Waals surface area contributed by atoms with E-state index in [-0.39, 0.29) is 5.41 Å². The summed E-state index contributed by atoms with van der Waals surface area (Å²) in [4.78, 5) is 12.5. The first kappa shape index (κ1) is 11.2. The summed E-state index contributed by atoms with van der Waals surface area (Å²) in [6, 6.07) is 5.57. The van der Waals surface area contributed by atoms with Crippen molar-refractivity contribution in [3.05, 3.63) is 29.3 Å². The van der Waals surface area contributed by atoms with E-state index in [2.05, 4.69) is 6.92 Å². The maximum absolute atomic E-state index is 12.5. The third-order valence-corrected chi connectivity index (χ3v) is 3.75. The number of aryl methyl sites for hydroxylation is 1. The molecule has 2 nitrogen and oxygen atoms in total. The Balaban J connectivity index is 2.33. The zero-order chi connectivity index (χ0) is 11.8. The number of hydrogen-bond acceptors (Lipinski definition) is 2. The minimum atomic E-state index is -0.138. The quantitative estimate of drug-likeness (QED) is 0.610. The zero-order valence-corrected chi connectivity index (χ0v) is 10.0. The standard InChI is InChI=1S/C14H19NO/c1-10-9-11(15)5-6-12(10)13(16)14(2)7-3-4-8-14/h5-6,9H,3-4,7-8,15H2,1-2H3. The van der Waals surface area contributed by atoms with Crippen LogP contribution in [0, 0.1) is 12.3 Å². The summed E-state index contributed by atoms with van der Waals surface area (Å²) in [5.41, 5.74) is 8.14. The Morgan fingerprint density at radius 1 is 1.31 bits per heavy atom. The summed E-state index contributed by atoms with van der Waals surface area (Å²) in [6.07, 6.45) is 4.40. The predicted molar refractivity (Wildman–Crippen MR) is 66.5 cm³/mol. The van der Waals surface area contributed by atoms with Crippen LogP contribution in [0.4, 0.5) is 5.69 Å². The number of rotatable bonds is 2. The predicted octanol–water partition coefficient (Wildman–Crippen LogP) is 3.34. The van der Waals surface area contributed by atoms with E-state index in [1.807, 2.05) is 25.1 Å². The number of benzene rings is 1. The van der Waals surface area contributed by atoms with E-state index in [1.54, 1.807) is 0 Å². The van der Waals surface area contributed by atoms with Crippen LogP contribution >= 0.6 is 0 Å². The van der Waals surface area contributed by atoms with Crippen LogP contribution in [0.3, 0.4) is 0 Å². The molecule has 0 saturated heterocycles. The number of Topliss-reactive ketones (excluding diaryl/α,β-unsaturated/α-hetero) is 1. The summed E-state index contributed by atoms with van der Waals surface area (Å²) in [6.45, 7) is 4.06. The maximum atomic E-state index is 12.5. The monoisotopic (exact) mass is 217 g/mol. The molecule has 16 heavy (non-hydrogen) atoms. The van der Waals surface area contributed by atoms with E-state index in [0.29, 0.717) is 5.78 Å². The first-order valence-corrected chi connectivity index (χ1v) is 5.94. The molecule has 0 atom stereocenters. The third kappa shape index (κ3) is 1.84. The van der Waals surface area contributed by atoms with Crippen LogP contribution in [0.15, 0.2) is 18.2 Å². The van der Waals surface area contributed by atoms with Crippen molar-refractivity contribution in [3.8, 4) is 0 Å². The van der Waals surface area contributed by atoms with Gasteiger partial charge in [0, 0.05) is 16.7 Å². The second kappa shape index (κ2) is 3.93. The minimum absolute atomic E-state index is 0.138. The molecule has 1 aliphatic carbocycles. The fraction of sp³-hybridized carbons (Fsp3) is 0.500. The van der Waals surface area contributed by atoms with Crippen LogP contribution in [0.1, 0.15) is 48.5 Å². The number of carbonyl (C=O) groups is 1. The molecule has 0 aliphatic heterocycles. The van der Waals surface area contributed by atoms with Crippen molar-refractivity contribution in [1.82, 2.24) is 0 Å². The van der Waals surface area contributed by atoms with E-state index in [0.717, 1.165) is 29.7 Å². The molecule has 0 unspecified atom stereocenters. The van der Waals surface area contributed by atoms with Crippen molar-refractivity contribution in [2.75, 3.05) is 5.73 Å². The number of nitrogen functional groups attached to an aromatic ring is 1. The van der Waals surface area contributed by atoms with E-state index in [1.165, 1.54) is 12.8 Å². The third-order valence-electron chi connectivity index (χ3n) is 3.75. The van der Waals surface area contributed by atoms with Crippen molar-refractivity contribution < 1.29 is 4.79 Å². The highest BCUT2D eigenvalue weighted by atomic mass is 16.1. The second-order valence-electron chi connectivity index (χ2n) is 5.17. The minimum Gasteiger partial charge on any atom is -0.399 e. The van der Waals surface area contributed by atoms with Crippen molar-refractivity contribution in [1.29, 1.82) is 0 Å². The number of ketones is 1. The zero-order valence-electron chi connectivity index (χ0n) is 10.0. The summed E-state index contributed by atoms with van der Waals surface area (Å²) >= 11 is 0. The van der Waals surface area contributed by atoms with Crippen LogP contribution in [0.25, 0.3) is 0 Å². The van der Waals surface area contributed by atoms with Crippen molar-refractivity contribution in [2.24, 2.45) is 5.41 Å². The topological polar surface area (TPSA) is 43.1 Å². The van der Waals surface area contributed by atoms with Gasteiger partial charge in [0.2, 0.25) is 0 Å². The van der Waals surface area contributed by atoms with Crippen molar-refractivity contribution >= 4 is 11.5 Å². The van der Waals surface area contributed by atoms with E-state index >= 15 is 0 Å². The lowest BCUT2D eigenvalue weighted by atomic mass is 9.79. The van der Waals surface area contributed by atoms with Gasteiger partial charge in [-0.2, -0.15) is 0 Å². The number of carbonyl (C=O) groups excluding carboxylic acids is 1. The van der Waals surface area contributed by atoms with Crippen LogP contribution < -0.4 is 5.73 Å². The molecule has 1 fully saturated rings. The van der Waals surface area contributed by atoms with E-state index < -0.39 is 0 Å². The average Bonchev–Trinajstić information content (AvgIpc) is 2.66. The lowest BCUT2D eigenvalue weighted by molar-refractivity contribution is 0.0823. The first-order valence-electron chi connectivity index (χ1n) is 5.94. The molecule has 2 heteroatoms. The second-order valence-corrected chi connectivity index (χ2v) is 5.17. The van der Waals surface area contributed by atoms with Gasteiger partial charge in [-0.25, -0.2) is 0 Å². The Morgan fingerprint density at radius 2 is 1.94 bits per heavy atom. The molecule has 0 radical (unpaired) electrons. The molecule has 0 aromatic heterocycles. The molecule has 0 bridgehead atoms. The number of hydrogen-bond donors (Lipinski definition) is 1. The molecular formula is C14H19NO. The van der Waals surface area contributed by atoms with Crippen molar-refractivity contribution in [3.63, 3.8) is 0 Å². The average molecular weight is 217 g/mol. The smallest absolute Gasteiger partial charge is 0.168 e. The Bertz CT molecular complexity index is 417. The van der Waals surface area contributed by atoms with Gasteiger partial charge in [0.15, 0.2) is 5.78 Å². The van der Waals surface area contributed by atoms with Gasteiger partial charge in [-0.05, 0) is 43.5 Å². The molecule has 1 aromatic rings. The largest absolute Gasteiger partial charge is 0.399 e. The molecule has 1 aliphatic rings. The summed E-state index contributed by atoms with van der Waals surface area (Å²) in [5, 5.41) is 0. The van der Waals surface area contributed by atoms with E-state index in [4.69, 9.17) is 5.73 Å². The summed E-state index contributed by atoms with van der Waals surface area (Å²) < 4.78 is 0. The van der Waals surface area contributed by atoms with Crippen LogP contribution in [0.2, 0.25) is 0 Å². The fourth-order valence-electron chi connectivity index (χ4n) is 2.65. The Hall–Kier alpha value is -1.31. The Kier molecular flexibility index (Phi) is 2.75. The summed E-state index contributed by atoms with van der Waals surface area (Å²) in [5.74, 6) is 0.294. The lowest BCUT2D eigenvalue weighted by Crippen LogP contribution is -2.25. The number of anilines is 1. The van der Waals surface area contributed by atoms with Gasteiger partial charge >= 0.3 is 0 Å². The maximum Gasteiger partial charge on any atom is 0.168 e. The van der Waals surface area contributed by atoms with Crippen LogP contribution in [-0.4, -0.2) is 5.78 Å². The van der Waals surface area contributed by atoms with Gasteiger partial charge in [0.25, 0.3) is 0 Å². The molecule has 0 heterocycles. The molecule has 2 rings (SSSR count). The van der Waals surface area contributed by atoms with Crippen molar-refractivity contribution in [2.45, 2.75) is 39.5 Å². The van der Waals surface area contributed by atoms with Gasteiger partial charge in [0.1, 0.15) is 0 Å². The first-order chi connectivity index (χ1) is 7.53. The molecule has 86 valence electrons. The Labute approximate surface area is 96.8 Å². The van der Waals surface area contributed by atoms with Gasteiger partial charge < -0.3 is 5.73 Å². The highest BCUT2D eigenvalue weighted by molar-refractivity contribution is 6.01. The molecule has 1 aromatic carbocycles. The molecule has 2 N–H and O–H groups in total. The van der Waals surface area contributed by atoms with E-state index in [9.17, 15) is 4.79 Å². The van der Waals surface area contributed by atoms with Crippen LogP contribution in [0.5, 0.6) is 0 Å². The van der Waals surface area contributed by atoms with Gasteiger partial charge in [-0.1, -0.05) is 19.8 Å². The molecule has 0 amide bonds. The summed E-state index contributed by atoms with van der Waals surface area (Å²) in [7, 11) is 0. The highest BCUT2D eigenvalue weighted by Crippen LogP contribution is 2.40. The Morgan fingerprint density at radius 3 is 2.50 bits per heavy atom. The fourth-order valence-corrected chi connectivity index (χ4v) is 2.65. The highest BCUT2D eigenvalue weighted by Gasteiger charge is 2.37. The van der Waals surface area contributed by atoms with Crippen LogP contribution in [-0.2, 0) is 0 Å². The van der Waals surface area contributed by atoms with Gasteiger partial charge in [-0.15, -0.1) is 0 Å². The molecular weight excluding hydrogens is 198 g/mol. The normalized spacial score (nSPS) is 18.6. The van der Waals surface area contributed by atoms with Gasteiger partial charge in [0.05, 0.1) is 0 Å². The number of nitrogens with two attached hydrogens (primary N) is 1. The lowest BCUT2D eigenvalue weighted by Gasteiger charge is -2.22. The van der Waals surface area contributed by atoms with Gasteiger partial charge in [-0.3, -0.25) is 4.79 Å².